The number of benzene rings is 3. The van der Waals surface area contributed by atoms with Crippen molar-refractivity contribution in [3.05, 3.63) is 107 Å². The first-order chi connectivity index (χ1) is 18.9. The third-order valence-electron chi connectivity index (χ3n) is 6.64. The number of carbonyl (C=O) groups is 3. The fourth-order valence-corrected chi connectivity index (χ4v) is 4.64. The predicted molar refractivity (Wildman–Crippen MR) is 162 cm³/mol. The van der Waals surface area contributed by atoms with Crippen LogP contribution in [0.4, 0.5) is 10.5 Å². The van der Waals surface area contributed by atoms with Crippen molar-refractivity contribution in [2.45, 2.75) is 42.7 Å². The van der Waals surface area contributed by atoms with Crippen molar-refractivity contribution >= 4 is 51.8 Å². The Morgan fingerprint density at radius 1 is 0.872 bits per heavy atom. The van der Waals surface area contributed by atoms with Crippen molar-refractivity contribution < 1.29 is 19.5 Å². The molecule has 3 amide bonds. The van der Waals surface area contributed by atoms with E-state index in [4.69, 9.17) is 5.11 Å². The second-order valence-electron chi connectivity index (χ2n) is 9.47. The van der Waals surface area contributed by atoms with Crippen LogP contribution in [0.25, 0.3) is 5.57 Å². The van der Waals surface area contributed by atoms with Gasteiger partial charge in [0.1, 0.15) is 3.92 Å². The van der Waals surface area contributed by atoms with Gasteiger partial charge >= 0.3 is 12.0 Å². The molecule has 0 saturated carbocycles. The number of amides is 3. The molecule has 4 rings (SSSR count). The van der Waals surface area contributed by atoms with Gasteiger partial charge in [-0.1, -0.05) is 83.3 Å². The van der Waals surface area contributed by atoms with Gasteiger partial charge in [0, 0.05) is 24.3 Å². The van der Waals surface area contributed by atoms with Gasteiger partial charge in [-0.25, -0.2) is 4.79 Å². The molecule has 3 aromatic carbocycles. The minimum atomic E-state index is -0.972. The summed E-state index contributed by atoms with van der Waals surface area (Å²) in [5, 5.41) is 14.7. The Kier molecular flexibility index (Phi) is 10.1. The van der Waals surface area contributed by atoms with E-state index >= 15 is 0 Å². The summed E-state index contributed by atoms with van der Waals surface area (Å²) in [7, 11) is 0. The third-order valence-corrected chi connectivity index (χ3v) is 7.61. The van der Waals surface area contributed by atoms with Gasteiger partial charge in [-0.2, -0.15) is 0 Å². The summed E-state index contributed by atoms with van der Waals surface area (Å²) in [6, 6.07) is 24.7. The zero-order valence-corrected chi connectivity index (χ0v) is 23.8. The first-order valence-corrected chi connectivity index (χ1v) is 14.3. The Bertz CT molecular complexity index is 1310. The quantitative estimate of drug-likeness (QED) is 0.183. The molecule has 1 atom stereocenters. The molecule has 0 heterocycles. The summed E-state index contributed by atoms with van der Waals surface area (Å²) in [5.74, 6) is -1.31. The zero-order chi connectivity index (χ0) is 27.6. The van der Waals surface area contributed by atoms with E-state index in [0.29, 0.717) is 18.7 Å². The molecule has 0 aliphatic heterocycles. The van der Waals surface area contributed by atoms with Gasteiger partial charge in [0.15, 0.2) is 0 Å². The Balaban J connectivity index is 1.48. The summed E-state index contributed by atoms with van der Waals surface area (Å²) >= 11 is 1.78. The first kappa shape index (κ1) is 28.4. The van der Waals surface area contributed by atoms with Crippen molar-refractivity contribution in [2.24, 2.45) is 0 Å². The molecular weight excluding hydrogens is 605 g/mol. The standard InChI is InChI=1S/C31H32IN3O4/c32-28(30(37)38)20-33-29(36)26-13-11-23(12-14-26)21-35(31(39)34-19-22-7-3-1-4-8-22)27-17-15-25(16-18-27)24-9-5-2-6-10-24/h1,3-4,7-9,11-18,28H,2,5-6,10,19-21H2,(H,33,36)(H,34,39)(H,37,38). The molecule has 1 aliphatic carbocycles. The minimum absolute atomic E-state index is 0.0404. The Labute approximate surface area is 242 Å². The van der Waals surface area contributed by atoms with Crippen LogP contribution in [-0.4, -0.2) is 33.5 Å². The van der Waals surface area contributed by atoms with E-state index < -0.39 is 9.89 Å². The van der Waals surface area contributed by atoms with Crippen molar-refractivity contribution in [1.82, 2.24) is 10.6 Å². The number of carboxylic acids is 1. The van der Waals surface area contributed by atoms with E-state index in [-0.39, 0.29) is 18.5 Å². The van der Waals surface area contributed by atoms with Crippen LogP contribution in [-0.2, 0) is 17.9 Å². The van der Waals surface area contributed by atoms with Gasteiger partial charge in [-0.15, -0.1) is 0 Å². The van der Waals surface area contributed by atoms with Crippen LogP contribution in [0.15, 0.2) is 84.9 Å². The first-order valence-electron chi connectivity index (χ1n) is 13.0. The van der Waals surface area contributed by atoms with Crippen molar-refractivity contribution in [3.8, 4) is 0 Å². The normalized spacial score (nSPS) is 13.6. The van der Waals surface area contributed by atoms with E-state index in [1.807, 2.05) is 54.6 Å². The van der Waals surface area contributed by atoms with Gasteiger partial charge in [-0.3, -0.25) is 14.5 Å². The summed E-state index contributed by atoms with van der Waals surface area (Å²) in [5.41, 5.74) is 5.63. The molecule has 0 bridgehead atoms. The van der Waals surface area contributed by atoms with Crippen LogP contribution in [0.3, 0.4) is 0 Å². The second-order valence-corrected chi connectivity index (χ2v) is 11.0. The van der Waals surface area contributed by atoms with Crippen LogP contribution in [0.2, 0.25) is 0 Å². The number of carboxylic acid groups (broad SMARTS) is 1. The van der Waals surface area contributed by atoms with E-state index in [0.717, 1.165) is 29.7 Å². The fourth-order valence-electron chi connectivity index (χ4n) is 4.42. The number of carbonyl (C=O) groups excluding carboxylic acids is 2. The number of aliphatic carboxylic acids is 1. The number of nitrogens with one attached hydrogen (secondary N) is 2. The Morgan fingerprint density at radius 2 is 1.59 bits per heavy atom. The fraction of sp³-hybridized carbons (Fsp3) is 0.258. The summed E-state index contributed by atoms with van der Waals surface area (Å²) in [4.78, 5) is 38.5. The Morgan fingerprint density at radius 3 is 2.23 bits per heavy atom. The van der Waals surface area contributed by atoms with Gasteiger partial charge in [0.2, 0.25) is 0 Å². The minimum Gasteiger partial charge on any atom is -0.480 e. The molecule has 39 heavy (non-hydrogen) atoms. The molecule has 8 heteroatoms. The number of hydrogen-bond donors (Lipinski definition) is 3. The monoisotopic (exact) mass is 637 g/mol. The lowest BCUT2D eigenvalue weighted by atomic mass is 9.93. The molecule has 3 N–H and O–H groups in total. The van der Waals surface area contributed by atoms with E-state index in [1.54, 1.807) is 39.6 Å². The number of urea groups is 1. The van der Waals surface area contributed by atoms with Gasteiger partial charge < -0.3 is 15.7 Å². The van der Waals surface area contributed by atoms with Crippen molar-refractivity contribution in [1.29, 1.82) is 0 Å². The van der Waals surface area contributed by atoms with Crippen LogP contribution >= 0.6 is 22.6 Å². The maximum absolute atomic E-state index is 13.4. The summed E-state index contributed by atoms with van der Waals surface area (Å²) in [6.45, 7) is 0.770. The van der Waals surface area contributed by atoms with Gasteiger partial charge in [0.25, 0.3) is 5.91 Å². The van der Waals surface area contributed by atoms with E-state index in [9.17, 15) is 14.4 Å². The highest BCUT2D eigenvalue weighted by atomic mass is 127. The molecular formula is C31H32IN3O4. The van der Waals surface area contributed by atoms with Gasteiger partial charge in [-0.05, 0) is 72.2 Å². The van der Waals surface area contributed by atoms with Crippen LogP contribution in [0.5, 0.6) is 0 Å². The van der Waals surface area contributed by atoms with Crippen molar-refractivity contribution in [2.75, 3.05) is 11.4 Å². The van der Waals surface area contributed by atoms with Gasteiger partial charge in [0.05, 0.1) is 6.54 Å². The highest BCUT2D eigenvalue weighted by Gasteiger charge is 2.18. The smallest absolute Gasteiger partial charge is 0.322 e. The van der Waals surface area contributed by atoms with Crippen molar-refractivity contribution in [3.63, 3.8) is 0 Å². The highest BCUT2D eigenvalue weighted by Crippen LogP contribution is 2.28. The highest BCUT2D eigenvalue weighted by molar-refractivity contribution is 14.1. The molecule has 3 aromatic rings. The molecule has 1 aliphatic rings. The number of alkyl halides is 1. The van der Waals surface area contributed by atoms with Crippen LogP contribution < -0.4 is 15.5 Å². The molecule has 0 spiro atoms. The summed E-state index contributed by atoms with van der Waals surface area (Å²) < 4.78 is -0.699. The number of anilines is 1. The lowest BCUT2D eigenvalue weighted by molar-refractivity contribution is -0.135. The number of allylic oxidation sites excluding steroid dienone is 2. The largest absolute Gasteiger partial charge is 0.480 e. The molecule has 202 valence electrons. The molecule has 1 unspecified atom stereocenters. The topological polar surface area (TPSA) is 98.7 Å². The lowest BCUT2D eigenvalue weighted by Crippen LogP contribution is -2.39. The number of hydrogen-bond acceptors (Lipinski definition) is 3. The van der Waals surface area contributed by atoms with Crippen LogP contribution in [0, 0.1) is 0 Å². The van der Waals surface area contributed by atoms with E-state index in [2.05, 4.69) is 28.8 Å². The molecule has 7 nitrogen and oxygen atoms in total. The molecule has 0 radical (unpaired) electrons. The molecule has 0 fully saturated rings. The number of rotatable bonds is 10. The maximum atomic E-state index is 13.4. The number of halogens is 1. The summed E-state index contributed by atoms with van der Waals surface area (Å²) in [6.07, 6.45) is 6.93. The zero-order valence-electron chi connectivity index (χ0n) is 21.6. The number of nitrogens with zero attached hydrogens (tertiary/aromatic N) is 1. The average Bonchev–Trinajstić information content (AvgIpc) is 2.98. The predicted octanol–water partition coefficient (Wildman–Crippen LogP) is 6.18. The second kappa shape index (κ2) is 13.9. The lowest BCUT2D eigenvalue weighted by Gasteiger charge is -2.24. The average molecular weight is 638 g/mol. The van der Waals surface area contributed by atoms with Crippen LogP contribution in [0.1, 0.15) is 52.7 Å². The third kappa shape index (κ3) is 8.16. The maximum Gasteiger partial charge on any atom is 0.322 e. The Hall–Kier alpha value is -3.66. The molecule has 0 aromatic heterocycles. The van der Waals surface area contributed by atoms with E-state index in [1.165, 1.54) is 24.0 Å². The molecule has 0 saturated heterocycles. The SMILES string of the molecule is O=C(NCC(I)C(=O)O)c1ccc(CN(C(=O)NCc2ccccc2)c2ccc(C3=CCCCC3)cc2)cc1.